The fourth-order valence-electron chi connectivity index (χ4n) is 4.43. The third-order valence-corrected chi connectivity index (χ3v) is 6.12. The van der Waals surface area contributed by atoms with E-state index in [4.69, 9.17) is 10.00 Å². The van der Waals surface area contributed by atoms with Gasteiger partial charge in [-0.05, 0) is 28.8 Å². The van der Waals surface area contributed by atoms with Gasteiger partial charge in [-0.1, -0.05) is 72.8 Å². The first-order valence-corrected chi connectivity index (χ1v) is 11.6. The summed E-state index contributed by atoms with van der Waals surface area (Å²) in [5.74, 6) is 0.717. The van der Waals surface area contributed by atoms with E-state index in [-0.39, 0.29) is 12.6 Å². The Morgan fingerprint density at radius 2 is 1.39 bits per heavy atom. The molecule has 1 aliphatic heterocycles. The number of piperazine rings is 1. The Balaban J connectivity index is 1.29. The van der Waals surface area contributed by atoms with Gasteiger partial charge in [0, 0.05) is 32.7 Å². The molecule has 0 aliphatic carbocycles. The van der Waals surface area contributed by atoms with E-state index in [0.717, 1.165) is 31.7 Å². The lowest BCUT2D eigenvalue weighted by atomic mass is 9.96. The summed E-state index contributed by atoms with van der Waals surface area (Å²) < 4.78 is 5.75. The van der Waals surface area contributed by atoms with Crippen LogP contribution in [0.25, 0.3) is 0 Å². The molecule has 33 heavy (non-hydrogen) atoms. The van der Waals surface area contributed by atoms with Crippen LogP contribution in [-0.2, 0) is 6.42 Å². The smallest absolute Gasteiger partial charge is 0.119 e. The Morgan fingerprint density at radius 3 is 1.94 bits per heavy atom. The predicted molar refractivity (Wildman–Crippen MR) is 130 cm³/mol. The summed E-state index contributed by atoms with van der Waals surface area (Å²) in [6.07, 6.45) is -0.154. The molecule has 1 N–H and O–H groups in total. The molecule has 1 aliphatic rings. The number of β-amino-alcohol motifs (C(OH)–C–C–N with tert-alkyl or cyclic N) is 1. The van der Waals surface area contributed by atoms with Gasteiger partial charge in [0.2, 0.25) is 0 Å². The summed E-state index contributed by atoms with van der Waals surface area (Å²) in [6.45, 7) is 4.58. The first-order valence-electron chi connectivity index (χ1n) is 11.6. The highest BCUT2D eigenvalue weighted by atomic mass is 16.5. The van der Waals surface area contributed by atoms with Crippen molar-refractivity contribution in [1.29, 1.82) is 5.26 Å². The molecule has 0 radical (unpaired) electrons. The van der Waals surface area contributed by atoms with Crippen molar-refractivity contribution in [2.45, 2.75) is 18.6 Å². The molecule has 4 rings (SSSR count). The highest BCUT2D eigenvalue weighted by molar-refractivity contribution is 5.32. The maximum atomic E-state index is 10.5. The first-order chi connectivity index (χ1) is 16.2. The fraction of sp³-hybridized carbons (Fsp3) is 0.321. The van der Waals surface area contributed by atoms with Gasteiger partial charge in [-0.15, -0.1) is 0 Å². The van der Waals surface area contributed by atoms with Crippen molar-refractivity contribution in [3.63, 3.8) is 0 Å². The maximum absolute atomic E-state index is 10.5. The third-order valence-electron chi connectivity index (χ3n) is 6.12. The molecule has 3 aromatic rings. The molecule has 1 fully saturated rings. The lowest BCUT2D eigenvalue weighted by molar-refractivity contribution is 0.0401. The minimum Gasteiger partial charge on any atom is -0.491 e. The predicted octanol–water partition coefficient (Wildman–Crippen LogP) is 3.90. The fourth-order valence-corrected chi connectivity index (χ4v) is 4.43. The number of nitrogens with zero attached hydrogens (tertiary/aromatic N) is 3. The Labute approximate surface area is 196 Å². The Morgan fingerprint density at radius 1 is 0.818 bits per heavy atom. The number of aliphatic hydroxyl groups is 1. The van der Waals surface area contributed by atoms with E-state index < -0.39 is 6.10 Å². The van der Waals surface area contributed by atoms with E-state index in [9.17, 15) is 5.11 Å². The quantitative estimate of drug-likeness (QED) is 0.546. The second-order valence-electron chi connectivity index (χ2n) is 8.50. The Bertz CT molecular complexity index is 971. The molecule has 0 amide bonds. The summed E-state index contributed by atoms with van der Waals surface area (Å²) in [4.78, 5) is 4.85. The number of hydrogen-bond acceptors (Lipinski definition) is 5. The largest absolute Gasteiger partial charge is 0.491 e. The van der Waals surface area contributed by atoms with Gasteiger partial charge in [-0.3, -0.25) is 9.80 Å². The van der Waals surface area contributed by atoms with Crippen LogP contribution in [0.5, 0.6) is 5.75 Å². The lowest BCUT2D eigenvalue weighted by Gasteiger charge is -2.40. The van der Waals surface area contributed by atoms with Gasteiger partial charge in [-0.2, -0.15) is 5.26 Å². The van der Waals surface area contributed by atoms with E-state index >= 15 is 0 Å². The van der Waals surface area contributed by atoms with Crippen molar-refractivity contribution in [2.75, 3.05) is 39.3 Å². The number of aliphatic hydroxyl groups excluding tert-OH is 1. The number of benzene rings is 3. The van der Waals surface area contributed by atoms with Crippen LogP contribution >= 0.6 is 0 Å². The van der Waals surface area contributed by atoms with Crippen LogP contribution in [0.1, 0.15) is 22.7 Å². The van der Waals surface area contributed by atoms with E-state index in [2.05, 4.69) is 76.5 Å². The lowest BCUT2D eigenvalue weighted by Crippen LogP contribution is -2.50. The molecule has 1 saturated heterocycles. The van der Waals surface area contributed by atoms with Gasteiger partial charge in [0.15, 0.2) is 0 Å². The SMILES string of the molecule is N#CCc1ccc(OC[C@H](O)CN2CCN(C(c3ccccc3)c3ccccc3)CC2)cc1. The Hall–Kier alpha value is -3.17. The number of rotatable bonds is 9. The molecule has 0 bridgehead atoms. The van der Waals surface area contributed by atoms with Crippen molar-refractivity contribution < 1.29 is 9.84 Å². The number of nitriles is 1. The van der Waals surface area contributed by atoms with Crippen LogP contribution in [0.2, 0.25) is 0 Å². The molecule has 1 heterocycles. The average molecular weight is 442 g/mol. The average Bonchev–Trinajstić information content (AvgIpc) is 2.86. The zero-order chi connectivity index (χ0) is 22.9. The van der Waals surface area contributed by atoms with E-state index in [0.29, 0.717) is 18.7 Å². The second-order valence-corrected chi connectivity index (χ2v) is 8.50. The summed E-state index contributed by atoms with van der Waals surface area (Å²) in [5.41, 5.74) is 3.59. The molecule has 1 atom stereocenters. The highest BCUT2D eigenvalue weighted by Gasteiger charge is 2.27. The molecule has 0 unspecified atom stereocenters. The van der Waals surface area contributed by atoms with Crippen molar-refractivity contribution in [1.82, 2.24) is 9.80 Å². The number of hydrogen-bond donors (Lipinski definition) is 1. The van der Waals surface area contributed by atoms with Crippen LogP contribution in [0.4, 0.5) is 0 Å². The van der Waals surface area contributed by atoms with Crippen LogP contribution in [0, 0.1) is 11.3 Å². The standard InChI is InChI=1S/C28H31N3O2/c29-16-15-23-11-13-27(14-12-23)33-22-26(32)21-30-17-19-31(20-18-30)28(24-7-3-1-4-8-24)25-9-5-2-6-10-25/h1-14,26,28,32H,15,17-22H2/t26-/m1/s1. The van der Waals surface area contributed by atoms with Gasteiger partial charge in [0.1, 0.15) is 18.5 Å². The molecular weight excluding hydrogens is 410 g/mol. The van der Waals surface area contributed by atoms with E-state index in [1.807, 2.05) is 24.3 Å². The topological polar surface area (TPSA) is 59.7 Å². The van der Waals surface area contributed by atoms with Crippen LogP contribution in [0.3, 0.4) is 0 Å². The number of ether oxygens (including phenoxy) is 1. The van der Waals surface area contributed by atoms with Crippen molar-refractivity contribution in [3.05, 3.63) is 102 Å². The third kappa shape index (κ3) is 6.43. The molecule has 0 aromatic heterocycles. The molecule has 170 valence electrons. The zero-order valence-corrected chi connectivity index (χ0v) is 18.9. The molecule has 5 heteroatoms. The van der Waals surface area contributed by atoms with Crippen molar-refractivity contribution in [2.24, 2.45) is 0 Å². The summed E-state index contributed by atoms with van der Waals surface area (Å²) in [5, 5.41) is 19.3. The minimum atomic E-state index is -0.547. The molecule has 5 nitrogen and oxygen atoms in total. The summed E-state index contributed by atoms with van der Waals surface area (Å²) in [6, 6.07) is 31.2. The van der Waals surface area contributed by atoms with Crippen molar-refractivity contribution >= 4 is 0 Å². The van der Waals surface area contributed by atoms with Gasteiger partial charge in [-0.25, -0.2) is 0 Å². The van der Waals surface area contributed by atoms with E-state index in [1.165, 1.54) is 11.1 Å². The molecule has 3 aromatic carbocycles. The van der Waals surface area contributed by atoms with Gasteiger partial charge >= 0.3 is 0 Å². The molecule has 0 spiro atoms. The summed E-state index contributed by atoms with van der Waals surface area (Å²) >= 11 is 0. The van der Waals surface area contributed by atoms with Crippen LogP contribution < -0.4 is 4.74 Å². The zero-order valence-electron chi connectivity index (χ0n) is 18.9. The minimum absolute atomic E-state index is 0.242. The monoisotopic (exact) mass is 441 g/mol. The maximum Gasteiger partial charge on any atom is 0.119 e. The Kier molecular flexibility index (Phi) is 8.10. The molecular formula is C28H31N3O2. The van der Waals surface area contributed by atoms with Crippen LogP contribution in [0.15, 0.2) is 84.9 Å². The van der Waals surface area contributed by atoms with E-state index in [1.54, 1.807) is 0 Å². The summed E-state index contributed by atoms with van der Waals surface area (Å²) in [7, 11) is 0. The van der Waals surface area contributed by atoms with Crippen LogP contribution in [-0.4, -0.2) is 60.3 Å². The van der Waals surface area contributed by atoms with Gasteiger partial charge < -0.3 is 9.84 Å². The molecule has 0 saturated carbocycles. The van der Waals surface area contributed by atoms with Gasteiger partial charge in [0.25, 0.3) is 0 Å². The van der Waals surface area contributed by atoms with Crippen molar-refractivity contribution in [3.8, 4) is 11.8 Å². The highest BCUT2D eigenvalue weighted by Crippen LogP contribution is 2.29. The second kappa shape index (κ2) is 11.6. The van der Waals surface area contributed by atoms with Gasteiger partial charge in [0.05, 0.1) is 18.5 Å². The first kappa shape index (κ1) is 23.0. The normalized spacial score (nSPS) is 15.8.